The van der Waals surface area contributed by atoms with Gasteiger partial charge in [0, 0.05) is 17.3 Å². The molecule has 0 atom stereocenters. The summed E-state index contributed by atoms with van der Waals surface area (Å²) in [7, 11) is 0. The molecule has 0 saturated carbocycles. The fourth-order valence-corrected chi connectivity index (χ4v) is 1.85. The molecule has 1 aromatic heterocycles. The zero-order valence-electron chi connectivity index (χ0n) is 12.0. The lowest BCUT2D eigenvalue weighted by Crippen LogP contribution is -2.15. The van der Waals surface area contributed by atoms with Crippen molar-refractivity contribution in [2.45, 2.75) is 20.3 Å². The largest absolute Gasteiger partial charge is 0.369 e. The number of nitrogens with zero attached hydrogens (tertiary/aromatic N) is 2. The first kappa shape index (κ1) is 15.3. The highest BCUT2D eigenvalue weighted by molar-refractivity contribution is 6.31. The minimum Gasteiger partial charge on any atom is -0.369 e. The second-order valence-corrected chi connectivity index (χ2v) is 5.06. The van der Waals surface area contributed by atoms with Crippen LogP contribution in [-0.4, -0.2) is 22.6 Å². The first-order valence-corrected chi connectivity index (χ1v) is 7.13. The summed E-state index contributed by atoms with van der Waals surface area (Å²) in [6.45, 7) is 4.79. The average molecular weight is 305 g/mol. The van der Waals surface area contributed by atoms with Gasteiger partial charge in [0.05, 0.1) is 0 Å². The van der Waals surface area contributed by atoms with Crippen molar-refractivity contribution in [3.63, 3.8) is 0 Å². The number of benzene rings is 1. The molecular formula is C15H17ClN4O. The van der Waals surface area contributed by atoms with Crippen molar-refractivity contribution in [2.75, 3.05) is 17.2 Å². The smallest absolute Gasteiger partial charge is 0.276 e. The zero-order valence-corrected chi connectivity index (χ0v) is 12.7. The van der Waals surface area contributed by atoms with Gasteiger partial charge in [0.1, 0.15) is 5.82 Å². The summed E-state index contributed by atoms with van der Waals surface area (Å²) >= 11 is 6.03. The topological polar surface area (TPSA) is 66.9 Å². The first-order chi connectivity index (χ1) is 10.1. The molecule has 2 aromatic rings. The number of amides is 1. The molecule has 0 aliphatic rings. The number of anilines is 2. The standard InChI is InChI=1S/C15H17ClN4O/c1-3-8-17-14-7-6-13(19-20-14)15(21)18-11-5-4-10(2)12(16)9-11/h4-7,9H,3,8H2,1-2H3,(H,17,20)(H,18,21). The summed E-state index contributed by atoms with van der Waals surface area (Å²) in [5.74, 6) is 0.344. The minimum atomic E-state index is -0.315. The normalized spacial score (nSPS) is 10.2. The number of aryl methyl sites for hydroxylation is 1. The molecule has 0 unspecified atom stereocenters. The van der Waals surface area contributed by atoms with E-state index in [4.69, 9.17) is 11.6 Å². The van der Waals surface area contributed by atoms with Crippen LogP contribution in [0.3, 0.4) is 0 Å². The van der Waals surface area contributed by atoms with E-state index in [1.165, 1.54) is 0 Å². The molecule has 0 fully saturated rings. The minimum absolute atomic E-state index is 0.258. The Bertz CT molecular complexity index is 628. The molecule has 1 heterocycles. The second-order valence-electron chi connectivity index (χ2n) is 4.65. The number of carbonyl (C=O) groups excluding carboxylic acids is 1. The number of aromatic nitrogens is 2. The van der Waals surface area contributed by atoms with Crippen molar-refractivity contribution in [2.24, 2.45) is 0 Å². The highest BCUT2D eigenvalue weighted by Crippen LogP contribution is 2.20. The van der Waals surface area contributed by atoms with Crippen LogP contribution in [0, 0.1) is 6.92 Å². The Hall–Kier alpha value is -2.14. The van der Waals surface area contributed by atoms with E-state index in [2.05, 4.69) is 27.8 Å². The highest BCUT2D eigenvalue weighted by atomic mass is 35.5. The molecular weight excluding hydrogens is 288 g/mol. The molecule has 2 rings (SSSR count). The Morgan fingerprint density at radius 1 is 1.24 bits per heavy atom. The van der Waals surface area contributed by atoms with E-state index in [9.17, 15) is 4.79 Å². The Morgan fingerprint density at radius 2 is 2.05 bits per heavy atom. The molecule has 6 heteroatoms. The molecule has 5 nitrogen and oxygen atoms in total. The number of nitrogens with one attached hydrogen (secondary N) is 2. The SMILES string of the molecule is CCCNc1ccc(C(=O)Nc2ccc(C)c(Cl)c2)nn1. The molecule has 110 valence electrons. The lowest BCUT2D eigenvalue weighted by atomic mass is 10.2. The zero-order chi connectivity index (χ0) is 15.2. The summed E-state index contributed by atoms with van der Waals surface area (Å²) in [4.78, 5) is 12.1. The molecule has 0 saturated heterocycles. The van der Waals surface area contributed by atoms with Gasteiger partial charge in [-0.05, 0) is 43.2 Å². The lowest BCUT2D eigenvalue weighted by molar-refractivity contribution is 0.102. The van der Waals surface area contributed by atoms with Gasteiger partial charge in [-0.2, -0.15) is 0 Å². The fourth-order valence-electron chi connectivity index (χ4n) is 1.67. The summed E-state index contributed by atoms with van der Waals surface area (Å²) < 4.78 is 0. The quantitative estimate of drug-likeness (QED) is 0.887. The molecule has 1 amide bonds. The van der Waals surface area contributed by atoms with Gasteiger partial charge in [0.25, 0.3) is 5.91 Å². The summed E-state index contributed by atoms with van der Waals surface area (Å²) in [5.41, 5.74) is 1.85. The number of carbonyl (C=O) groups is 1. The maximum absolute atomic E-state index is 12.1. The molecule has 21 heavy (non-hydrogen) atoms. The Kier molecular flexibility index (Phi) is 5.11. The third-order valence-electron chi connectivity index (χ3n) is 2.88. The van der Waals surface area contributed by atoms with Crippen molar-refractivity contribution < 1.29 is 4.79 Å². The van der Waals surface area contributed by atoms with Gasteiger partial charge in [-0.25, -0.2) is 0 Å². The van der Waals surface area contributed by atoms with Gasteiger partial charge in [0.2, 0.25) is 0 Å². The average Bonchev–Trinajstić information content (AvgIpc) is 2.49. The van der Waals surface area contributed by atoms with E-state index in [0.29, 0.717) is 16.5 Å². The van der Waals surface area contributed by atoms with Gasteiger partial charge in [-0.1, -0.05) is 24.6 Å². The van der Waals surface area contributed by atoms with Gasteiger partial charge in [-0.15, -0.1) is 10.2 Å². The third kappa shape index (κ3) is 4.16. The molecule has 0 aliphatic carbocycles. The van der Waals surface area contributed by atoms with Crippen LogP contribution in [0.5, 0.6) is 0 Å². The Balaban J connectivity index is 2.04. The van der Waals surface area contributed by atoms with Gasteiger partial charge >= 0.3 is 0 Å². The number of hydrogen-bond donors (Lipinski definition) is 2. The summed E-state index contributed by atoms with van der Waals surface area (Å²) in [6.07, 6.45) is 0.998. The Morgan fingerprint density at radius 3 is 2.67 bits per heavy atom. The van der Waals surface area contributed by atoms with Crippen LogP contribution in [0.1, 0.15) is 29.4 Å². The lowest BCUT2D eigenvalue weighted by Gasteiger charge is -2.07. The number of hydrogen-bond acceptors (Lipinski definition) is 4. The number of halogens is 1. The van der Waals surface area contributed by atoms with E-state index in [-0.39, 0.29) is 11.6 Å². The van der Waals surface area contributed by atoms with Gasteiger partial charge in [0.15, 0.2) is 5.69 Å². The first-order valence-electron chi connectivity index (χ1n) is 6.75. The maximum Gasteiger partial charge on any atom is 0.276 e. The molecule has 0 radical (unpaired) electrons. The van der Waals surface area contributed by atoms with Crippen LogP contribution in [0.15, 0.2) is 30.3 Å². The van der Waals surface area contributed by atoms with Crippen LogP contribution in [-0.2, 0) is 0 Å². The van der Waals surface area contributed by atoms with E-state index in [1.807, 2.05) is 13.0 Å². The van der Waals surface area contributed by atoms with Gasteiger partial charge < -0.3 is 10.6 Å². The molecule has 0 spiro atoms. The number of rotatable bonds is 5. The predicted octanol–water partition coefficient (Wildman–Crippen LogP) is 3.51. The van der Waals surface area contributed by atoms with Crippen molar-refractivity contribution in [1.29, 1.82) is 0 Å². The van der Waals surface area contributed by atoms with Crippen LogP contribution in [0.2, 0.25) is 5.02 Å². The molecule has 0 bridgehead atoms. The summed E-state index contributed by atoms with van der Waals surface area (Å²) in [5, 5.41) is 14.3. The van der Waals surface area contributed by atoms with Crippen LogP contribution in [0.25, 0.3) is 0 Å². The van der Waals surface area contributed by atoms with Crippen molar-refractivity contribution in [3.8, 4) is 0 Å². The summed E-state index contributed by atoms with van der Waals surface area (Å²) in [6, 6.07) is 8.72. The van der Waals surface area contributed by atoms with Crippen LogP contribution < -0.4 is 10.6 Å². The second kappa shape index (κ2) is 7.04. The van der Waals surface area contributed by atoms with Gasteiger partial charge in [-0.3, -0.25) is 4.79 Å². The van der Waals surface area contributed by atoms with Crippen molar-refractivity contribution >= 4 is 29.0 Å². The van der Waals surface area contributed by atoms with E-state index in [0.717, 1.165) is 18.5 Å². The molecule has 0 aliphatic heterocycles. The Labute approximate surface area is 128 Å². The fraction of sp³-hybridized carbons (Fsp3) is 0.267. The highest BCUT2D eigenvalue weighted by Gasteiger charge is 2.09. The maximum atomic E-state index is 12.1. The predicted molar refractivity (Wildman–Crippen MR) is 85.0 cm³/mol. The van der Waals surface area contributed by atoms with Crippen molar-refractivity contribution in [3.05, 3.63) is 46.6 Å². The van der Waals surface area contributed by atoms with Crippen molar-refractivity contribution in [1.82, 2.24) is 10.2 Å². The van der Waals surface area contributed by atoms with Crippen LogP contribution in [0.4, 0.5) is 11.5 Å². The van der Waals surface area contributed by atoms with E-state index >= 15 is 0 Å². The van der Waals surface area contributed by atoms with E-state index in [1.54, 1.807) is 24.3 Å². The third-order valence-corrected chi connectivity index (χ3v) is 3.29. The van der Waals surface area contributed by atoms with Crippen LogP contribution >= 0.6 is 11.6 Å². The molecule has 1 aromatic carbocycles. The van der Waals surface area contributed by atoms with E-state index < -0.39 is 0 Å². The monoisotopic (exact) mass is 304 g/mol. The molecule has 2 N–H and O–H groups in total.